The molecule has 2 aliphatic heterocycles. The van der Waals surface area contributed by atoms with Crippen molar-refractivity contribution in [3.8, 4) is 0 Å². The van der Waals surface area contributed by atoms with Crippen LogP contribution >= 0.6 is 0 Å². The minimum absolute atomic E-state index is 0.318. The molecule has 1 aromatic rings. The fourth-order valence-electron chi connectivity index (χ4n) is 2.86. The number of hydrogen-bond donors (Lipinski definition) is 1. The Balaban J connectivity index is 1.83. The molecule has 6 heteroatoms. The van der Waals surface area contributed by atoms with E-state index in [0.717, 1.165) is 19.5 Å². The molecule has 1 fully saturated rings. The lowest BCUT2D eigenvalue weighted by molar-refractivity contribution is 0.335. The molecule has 0 radical (unpaired) electrons. The number of amidine groups is 1. The molecule has 2 aliphatic rings. The Kier molecular flexibility index (Phi) is 3.52. The van der Waals surface area contributed by atoms with Gasteiger partial charge in [-0.05, 0) is 31.5 Å². The van der Waals surface area contributed by atoms with Gasteiger partial charge in [0.1, 0.15) is 4.90 Å². The predicted octanol–water partition coefficient (Wildman–Crippen LogP) is 1.21. The Hall–Kier alpha value is -1.40. The molecule has 0 spiro atoms. The number of fused-ring (bicyclic) bond motifs is 1. The number of rotatable bonds is 2. The molecule has 108 valence electrons. The van der Waals surface area contributed by atoms with Crippen molar-refractivity contribution in [1.82, 2.24) is 10.2 Å². The minimum Gasteiger partial charge on any atom is -0.357 e. The first-order valence-corrected chi connectivity index (χ1v) is 8.41. The van der Waals surface area contributed by atoms with Gasteiger partial charge in [-0.1, -0.05) is 18.6 Å². The van der Waals surface area contributed by atoms with Gasteiger partial charge in [0.05, 0.1) is 0 Å². The van der Waals surface area contributed by atoms with Gasteiger partial charge in [0.15, 0.2) is 5.84 Å². The molecule has 0 saturated carbocycles. The lowest BCUT2D eigenvalue weighted by Gasteiger charge is -2.29. The summed E-state index contributed by atoms with van der Waals surface area (Å²) in [5.41, 5.74) is 0.714. The summed E-state index contributed by atoms with van der Waals surface area (Å²) in [6, 6.07) is 7.43. The molecule has 20 heavy (non-hydrogen) atoms. The molecule has 5 nitrogen and oxygen atoms in total. The highest BCUT2D eigenvalue weighted by atomic mass is 32.2. The number of piperidine rings is 1. The zero-order valence-electron chi connectivity index (χ0n) is 11.5. The van der Waals surface area contributed by atoms with E-state index in [9.17, 15) is 8.42 Å². The summed E-state index contributed by atoms with van der Waals surface area (Å²) in [7, 11) is -1.61. The second-order valence-corrected chi connectivity index (χ2v) is 6.99. The van der Waals surface area contributed by atoms with Crippen molar-refractivity contribution >= 4 is 15.9 Å². The maximum absolute atomic E-state index is 12.0. The van der Waals surface area contributed by atoms with Crippen molar-refractivity contribution in [2.24, 2.45) is 4.40 Å². The summed E-state index contributed by atoms with van der Waals surface area (Å²) in [6.45, 7) is 1.82. The predicted molar refractivity (Wildman–Crippen MR) is 78.4 cm³/mol. The molecule has 0 bridgehead atoms. The molecular formula is C14H19N3O2S. The third kappa shape index (κ3) is 2.45. The zero-order chi connectivity index (χ0) is 14.2. The van der Waals surface area contributed by atoms with Crippen LogP contribution < -0.4 is 5.32 Å². The topological polar surface area (TPSA) is 61.8 Å². The van der Waals surface area contributed by atoms with Gasteiger partial charge >= 0.3 is 0 Å². The van der Waals surface area contributed by atoms with Crippen LogP contribution in [0.25, 0.3) is 0 Å². The van der Waals surface area contributed by atoms with Gasteiger partial charge in [0.2, 0.25) is 0 Å². The van der Waals surface area contributed by atoms with Gasteiger partial charge in [0, 0.05) is 25.2 Å². The average Bonchev–Trinajstić information content (AvgIpc) is 2.73. The summed E-state index contributed by atoms with van der Waals surface area (Å²) < 4.78 is 28.0. The fourth-order valence-corrected chi connectivity index (χ4v) is 4.11. The molecular weight excluding hydrogens is 274 g/mol. The first-order chi connectivity index (χ1) is 9.58. The summed E-state index contributed by atoms with van der Waals surface area (Å²) in [5, 5.41) is 3.47. The van der Waals surface area contributed by atoms with Crippen LogP contribution in [-0.2, 0) is 10.0 Å². The molecule has 1 N–H and O–H groups in total. The van der Waals surface area contributed by atoms with Crippen LogP contribution in [0.4, 0.5) is 0 Å². The largest absolute Gasteiger partial charge is 0.357 e. The van der Waals surface area contributed by atoms with E-state index in [1.165, 1.54) is 12.8 Å². The van der Waals surface area contributed by atoms with Gasteiger partial charge in [-0.25, -0.2) is 0 Å². The van der Waals surface area contributed by atoms with E-state index in [-0.39, 0.29) is 0 Å². The first kappa shape index (κ1) is 13.6. The Morgan fingerprint density at radius 2 is 2.15 bits per heavy atom. The number of hydrogen-bond acceptors (Lipinski definition) is 4. The third-order valence-corrected chi connectivity index (χ3v) is 5.21. The standard InChI is InChI=1S/C14H19N3O2S/c1-17(10-11-6-4-5-9-15-11)14-12-7-2-3-8-13(12)20(18,19)16-14/h2-3,7-8,11,15H,4-6,9-10H2,1H3. The van der Waals surface area contributed by atoms with E-state index in [1.54, 1.807) is 12.1 Å². The maximum atomic E-state index is 12.0. The first-order valence-electron chi connectivity index (χ1n) is 6.97. The van der Waals surface area contributed by atoms with Crippen LogP contribution in [0.3, 0.4) is 0 Å². The van der Waals surface area contributed by atoms with E-state index < -0.39 is 10.0 Å². The SMILES string of the molecule is CN(CC1CCCCN1)C1=NS(=O)(=O)c2ccccc21. The molecule has 2 heterocycles. The van der Waals surface area contributed by atoms with Crippen LogP contribution in [0.2, 0.25) is 0 Å². The van der Waals surface area contributed by atoms with E-state index in [2.05, 4.69) is 9.71 Å². The molecule has 0 amide bonds. The molecule has 0 aromatic heterocycles. The number of sulfonamides is 1. The van der Waals surface area contributed by atoms with E-state index in [1.807, 2.05) is 24.1 Å². The molecule has 1 aromatic carbocycles. The lowest BCUT2D eigenvalue weighted by Crippen LogP contribution is -2.44. The summed E-state index contributed by atoms with van der Waals surface area (Å²) in [5.74, 6) is 0.563. The van der Waals surface area contributed by atoms with E-state index in [4.69, 9.17) is 0 Å². The van der Waals surface area contributed by atoms with Crippen molar-refractivity contribution in [2.75, 3.05) is 20.1 Å². The fraction of sp³-hybridized carbons (Fsp3) is 0.500. The Labute approximate surface area is 119 Å². The highest BCUT2D eigenvalue weighted by molar-refractivity contribution is 7.90. The zero-order valence-corrected chi connectivity index (χ0v) is 12.4. The Morgan fingerprint density at radius 3 is 2.90 bits per heavy atom. The molecule has 1 unspecified atom stereocenters. The summed E-state index contributed by atoms with van der Waals surface area (Å²) in [6.07, 6.45) is 3.58. The smallest absolute Gasteiger partial charge is 0.285 e. The number of likely N-dealkylation sites (N-methyl/N-ethyl adjacent to an activating group) is 1. The number of nitrogens with zero attached hydrogens (tertiary/aromatic N) is 2. The second-order valence-electron chi connectivity index (χ2n) is 5.41. The highest BCUT2D eigenvalue weighted by Crippen LogP contribution is 2.27. The summed E-state index contributed by atoms with van der Waals surface area (Å²) >= 11 is 0. The lowest BCUT2D eigenvalue weighted by atomic mass is 10.0. The van der Waals surface area contributed by atoms with Crippen LogP contribution in [0.5, 0.6) is 0 Å². The number of benzene rings is 1. The van der Waals surface area contributed by atoms with Crippen molar-refractivity contribution in [2.45, 2.75) is 30.2 Å². The number of nitrogens with one attached hydrogen (secondary N) is 1. The van der Waals surface area contributed by atoms with E-state index >= 15 is 0 Å². The van der Waals surface area contributed by atoms with Crippen molar-refractivity contribution < 1.29 is 8.42 Å². The van der Waals surface area contributed by atoms with Gasteiger partial charge in [0.25, 0.3) is 10.0 Å². The maximum Gasteiger partial charge on any atom is 0.285 e. The molecule has 0 aliphatic carbocycles. The van der Waals surface area contributed by atoms with Crippen LogP contribution in [0.15, 0.2) is 33.6 Å². The van der Waals surface area contributed by atoms with Gasteiger partial charge in [-0.2, -0.15) is 8.42 Å². The molecule has 1 saturated heterocycles. The van der Waals surface area contributed by atoms with E-state index in [0.29, 0.717) is 22.3 Å². The van der Waals surface area contributed by atoms with Gasteiger partial charge in [-0.3, -0.25) is 0 Å². The van der Waals surface area contributed by atoms with Crippen LogP contribution in [-0.4, -0.2) is 45.3 Å². The minimum atomic E-state index is -3.51. The van der Waals surface area contributed by atoms with Gasteiger partial charge < -0.3 is 10.2 Å². The van der Waals surface area contributed by atoms with Crippen LogP contribution in [0.1, 0.15) is 24.8 Å². The van der Waals surface area contributed by atoms with Crippen molar-refractivity contribution in [3.05, 3.63) is 29.8 Å². The molecule has 3 rings (SSSR count). The highest BCUT2D eigenvalue weighted by Gasteiger charge is 2.31. The average molecular weight is 293 g/mol. The second kappa shape index (κ2) is 5.18. The summed E-state index contributed by atoms with van der Waals surface area (Å²) in [4.78, 5) is 2.27. The Morgan fingerprint density at radius 1 is 1.35 bits per heavy atom. The monoisotopic (exact) mass is 293 g/mol. The van der Waals surface area contributed by atoms with Crippen LogP contribution in [0, 0.1) is 0 Å². The quantitative estimate of drug-likeness (QED) is 0.890. The Bertz CT molecular complexity index is 634. The van der Waals surface area contributed by atoms with Gasteiger partial charge in [-0.15, -0.1) is 4.40 Å². The third-order valence-electron chi connectivity index (χ3n) is 3.88. The molecule has 1 atom stereocenters. The van der Waals surface area contributed by atoms with Crippen molar-refractivity contribution in [1.29, 1.82) is 0 Å². The normalized spacial score (nSPS) is 24.1. The van der Waals surface area contributed by atoms with Crippen molar-refractivity contribution in [3.63, 3.8) is 0 Å².